The summed E-state index contributed by atoms with van der Waals surface area (Å²) in [5.74, 6) is 1.17. The first kappa shape index (κ1) is 14.8. The minimum absolute atomic E-state index is 0.231. The molecule has 2 heterocycles. The van der Waals surface area contributed by atoms with Gasteiger partial charge in [-0.15, -0.1) is 11.8 Å². The number of fused-ring (bicyclic) bond motifs is 4. The number of aliphatic imine (C=N–C) groups is 1. The van der Waals surface area contributed by atoms with Crippen LogP contribution in [0.5, 0.6) is 5.75 Å². The maximum Gasteiger partial charge on any atom is 0.128 e. The van der Waals surface area contributed by atoms with Crippen molar-refractivity contribution in [1.82, 2.24) is 0 Å². The summed E-state index contributed by atoms with van der Waals surface area (Å²) >= 11 is 1.90. The summed E-state index contributed by atoms with van der Waals surface area (Å²) in [5, 5.41) is 0.289. The van der Waals surface area contributed by atoms with E-state index >= 15 is 0 Å². The normalized spacial score (nSPS) is 21.0. The van der Waals surface area contributed by atoms with Gasteiger partial charge in [0.25, 0.3) is 0 Å². The molecule has 5 rings (SSSR count). The minimum Gasteiger partial charge on any atom is -0.492 e. The Morgan fingerprint density at radius 3 is 2.52 bits per heavy atom. The highest BCUT2D eigenvalue weighted by Crippen LogP contribution is 2.50. The standard InChI is InChI=1S/C22H17NOS/c1-2-8-15(9-3-1)22-17-14-24-19-12-6-4-10-16(19)21(17)23-18-11-5-7-13-20(18)25-22/h1-13,17,22H,14H2/t17-,22+/m1/s1. The van der Waals surface area contributed by atoms with Crippen molar-refractivity contribution < 1.29 is 4.74 Å². The lowest BCUT2D eigenvalue weighted by atomic mass is 9.88. The van der Waals surface area contributed by atoms with E-state index in [9.17, 15) is 0 Å². The number of thioether (sulfide) groups is 1. The summed E-state index contributed by atoms with van der Waals surface area (Å²) < 4.78 is 6.10. The molecule has 2 atom stereocenters. The number of ether oxygens (including phenoxy) is 1. The van der Waals surface area contributed by atoms with Gasteiger partial charge in [-0.2, -0.15) is 0 Å². The molecule has 2 aliphatic rings. The number of hydrogen-bond donors (Lipinski definition) is 0. The largest absolute Gasteiger partial charge is 0.492 e. The molecule has 0 saturated carbocycles. The summed E-state index contributed by atoms with van der Waals surface area (Å²) in [6.45, 7) is 0.663. The molecule has 122 valence electrons. The fourth-order valence-electron chi connectivity index (χ4n) is 3.58. The molecule has 0 radical (unpaired) electrons. The molecule has 0 fully saturated rings. The Morgan fingerprint density at radius 1 is 0.840 bits per heavy atom. The lowest BCUT2D eigenvalue weighted by Gasteiger charge is -2.31. The van der Waals surface area contributed by atoms with Crippen molar-refractivity contribution >= 4 is 23.2 Å². The van der Waals surface area contributed by atoms with E-state index in [2.05, 4.69) is 66.7 Å². The van der Waals surface area contributed by atoms with Gasteiger partial charge in [0.15, 0.2) is 0 Å². The van der Waals surface area contributed by atoms with Crippen molar-refractivity contribution in [3.63, 3.8) is 0 Å². The summed E-state index contributed by atoms with van der Waals surface area (Å²) in [7, 11) is 0. The molecule has 0 amide bonds. The zero-order valence-electron chi connectivity index (χ0n) is 13.6. The van der Waals surface area contributed by atoms with Crippen molar-refractivity contribution in [1.29, 1.82) is 0 Å². The van der Waals surface area contributed by atoms with Crippen LogP contribution in [-0.2, 0) is 0 Å². The fourth-order valence-corrected chi connectivity index (χ4v) is 4.91. The van der Waals surface area contributed by atoms with Gasteiger partial charge >= 0.3 is 0 Å². The Balaban J connectivity index is 1.72. The van der Waals surface area contributed by atoms with E-state index in [0.29, 0.717) is 6.61 Å². The van der Waals surface area contributed by atoms with Crippen LogP contribution in [0.3, 0.4) is 0 Å². The molecule has 3 heteroatoms. The number of para-hydroxylation sites is 2. The topological polar surface area (TPSA) is 21.6 Å². The first-order chi connectivity index (χ1) is 12.4. The Labute approximate surface area is 151 Å². The number of nitrogens with zero attached hydrogens (tertiary/aromatic N) is 1. The second kappa shape index (κ2) is 6.08. The maximum atomic E-state index is 6.10. The molecule has 0 spiro atoms. The van der Waals surface area contributed by atoms with Crippen LogP contribution < -0.4 is 4.74 Å². The average Bonchev–Trinajstić information content (AvgIpc) is 2.85. The molecule has 3 aromatic carbocycles. The SMILES string of the molecule is c1ccc([C@@H]2Sc3ccccc3N=C3c4ccccc4OC[C@H]32)cc1. The zero-order chi connectivity index (χ0) is 16.6. The highest BCUT2D eigenvalue weighted by Gasteiger charge is 2.36. The van der Waals surface area contributed by atoms with Gasteiger partial charge in [-0.1, -0.05) is 54.6 Å². The maximum absolute atomic E-state index is 6.10. The second-order valence-corrected chi connectivity index (χ2v) is 7.51. The lowest BCUT2D eigenvalue weighted by molar-refractivity contribution is 0.271. The minimum atomic E-state index is 0.231. The van der Waals surface area contributed by atoms with Gasteiger partial charge in [0, 0.05) is 15.7 Å². The quantitative estimate of drug-likeness (QED) is 0.568. The molecule has 25 heavy (non-hydrogen) atoms. The Morgan fingerprint density at radius 2 is 1.60 bits per heavy atom. The molecule has 0 bridgehead atoms. The molecule has 0 unspecified atom stereocenters. The van der Waals surface area contributed by atoms with Crippen LogP contribution in [0.4, 0.5) is 5.69 Å². The van der Waals surface area contributed by atoms with Crippen LogP contribution in [-0.4, -0.2) is 12.3 Å². The summed E-state index contributed by atoms with van der Waals surface area (Å²) in [6, 6.07) is 27.4. The summed E-state index contributed by atoms with van der Waals surface area (Å²) in [6.07, 6.45) is 0. The van der Waals surface area contributed by atoms with Gasteiger partial charge in [-0.05, 0) is 29.8 Å². The van der Waals surface area contributed by atoms with Crippen LogP contribution >= 0.6 is 11.8 Å². The highest BCUT2D eigenvalue weighted by molar-refractivity contribution is 7.99. The van der Waals surface area contributed by atoms with Gasteiger partial charge in [0.05, 0.1) is 23.9 Å². The van der Waals surface area contributed by atoms with Crippen LogP contribution in [0.1, 0.15) is 16.4 Å². The zero-order valence-corrected chi connectivity index (χ0v) is 14.4. The average molecular weight is 343 g/mol. The molecule has 3 aromatic rings. The van der Waals surface area contributed by atoms with Crippen LogP contribution in [0.2, 0.25) is 0 Å². The van der Waals surface area contributed by atoms with Crippen molar-refractivity contribution in [2.45, 2.75) is 10.1 Å². The fraction of sp³-hybridized carbons (Fsp3) is 0.136. The Hall–Kier alpha value is -2.52. The van der Waals surface area contributed by atoms with Crippen LogP contribution in [0.15, 0.2) is 88.8 Å². The van der Waals surface area contributed by atoms with E-state index in [1.807, 2.05) is 23.9 Å². The highest BCUT2D eigenvalue weighted by atomic mass is 32.2. The van der Waals surface area contributed by atoms with Gasteiger partial charge in [0.1, 0.15) is 5.75 Å². The molecule has 2 nitrogen and oxygen atoms in total. The molecule has 0 N–H and O–H groups in total. The third kappa shape index (κ3) is 2.56. The van der Waals surface area contributed by atoms with Crippen molar-refractivity contribution in [3.8, 4) is 5.75 Å². The van der Waals surface area contributed by atoms with E-state index in [-0.39, 0.29) is 11.2 Å². The Bertz CT molecular complexity index is 951. The predicted molar refractivity (Wildman–Crippen MR) is 103 cm³/mol. The molecular weight excluding hydrogens is 326 g/mol. The van der Waals surface area contributed by atoms with Gasteiger partial charge in [-0.3, -0.25) is 4.99 Å². The first-order valence-corrected chi connectivity index (χ1v) is 9.39. The van der Waals surface area contributed by atoms with Crippen molar-refractivity contribution in [2.75, 3.05) is 6.61 Å². The molecule has 0 aromatic heterocycles. The molecule has 0 saturated heterocycles. The van der Waals surface area contributed by atoms with E-state index < -0.39 is 0 Å². The van der Waals surface area contributed by atoms with Gasteiger partial charge < -0.3 is 4.74 Å². The second-order valence-electron chi connectivity index (χ2n) is 6.33. The number of hydrogen-bond acceptors (Lipinski definition) is 3. The third-order valence-electron chi connectivity index (χ3n) is 4.79. The Kier molecular flexibility index (Phi) is 3.60. The number of rotatable bonds is 1. The summed E-state index contributed by atoms with van der Waals surface area (Å²) in [4.78, 5) is 6.33. The van der Waals surface area contributed by atoms with Gasteiger partial charge in [0.2, 0.25) is 0 Å². The third-order valence-corrected chi connectivity index (χ3v) is 6.24. The van der Waals surface area contributed by atoms with Crippen molar-refractivity contribution in [3.05, 3.63) is 90.0 Å². The smallest absolute Gasteiger partial charge is 0.128 e. The van der Waals surface area contributed by atoms with E-state index in [4.69, 9.17) is 9.73 Å². The predicted octanol–water partition coefficient (Wildman–Crippen LogP) is 5.66. The van der Waals surface area contributed by atoms with Gasteiger partial charge in [-0.25, -0.2) is 0 Å². The summed E-state index contributed by atoms with van der Waals surface area (Å²) in [5.41, 5.74) is 4.65. The molecule has 2 aliphatic heterocycles. The first-order valence-electron chi connectivity index (χ1n) is 8.51. The monoisotopic (exact) mass is 343 g/mol. The van der Waals surface area contributed by atoms with E-state index in [1.165, 1.54) is 10.5 Å². The molecule has 0 aliphatic carbocycles. The molecular formula is C22H17NOS. The number of benzene rings is 3. The van der Waals surface area contributed by atoms with Crippen LogP contribution in [0.25, 0.3) is 0 Å². The van der Waals surface area contributed by atoms with Crippen LogP contribution in [0, 0.1) is 5.92 Å². The van der Waals surface area contributed by atoms with E-state index in [0.717, 1.165) is 22.7 Å². The van der Waals surface area contributed by atoms with E-state index in [1.54, 1.807) is 0 Å². The van der Waals surface area contributed by atoms with Crippen molar-refractivity contribution in [2.24, 2.45) is 10.9 Å². The lowest BCUT2D eigenvalue weighted by Crippen LogP contribution is -2.31.